The third-order valence-electron chi connectivity index (χ3n) is 2.01. The van der Waals surface area contributed by atoms with E-state index in [0.29, 0.717) is 11.4 Å². The van der Waals surface area contributed by atoms with Gasteiger partial charge in [-0.2, -0.15) is 4.99 Å². The Hall–Kier alpha value is -2.92. The lowest BCUT2D eigenvalue weighted by molar-refractivity contribution is -0.141. The number of nitrogens with one attached hydrogen (secondary N) is 1. The van der Waals surface area contributed by atoms with Crippen LogP contribution in [0.1, 0.15) is 6.92 Å². The lowest BCUT2D eigenvalue weighted by Crippen LogP contribution is -2.18. The van der Waals surface area contributed by atoms with Gasteiger partial charge in [0.2, 0.25) is 11.8 Å². The summed E-state index contributed by atoms with van der Waals surface area (Å²) in [7, 11) is 0. The van der Waals surface area contributed by atoms with Crippen LogP contribution in [0, 0.1) is 0 Å². The summed E-state index contributed by atoms with van der Waals surface area (Å²) in [5.41, 5.74) is 0.798. The van der Waals surface area contributed by atoms with E-state index in [9.17, 15) is 14.4 Å². The van der Waals surface area contributed by atoms with Gasteiger partial charge in [-0.3, -0.25) is 5.32 Å². The standard InChI is InChI=1S/C13H12N2O5/c1-3-19-12(17)9(2)20-13(18)15-11-6-4-10(5-7-11)14-8-16/h4-7H,2-3H2,1H3,(H,15,18). The molecule has 7 nitrogen and oxygen atoms in total. The fraction of sp³-hybridized carbons (Fsp3) is 0.154. The van der Waals surface area contributed by atoms with Crippen molar-refractivity contribution in [1.82, 2.24) is 0 Å². The van der Waals surface area contributed by atoms with Crippen LogP contribution in [0.2, 0.25) is 0 Å². The largest absolute Gasteiger partial charge is 0.460 e. The Bertz CT molecular complexity index is 559. The maximum absolute atomic E-state index is 11.5. The number of anilines is 1. The Morgan fingerprint density at radius 1 is 1.35 bits per heavy atom. The molecule has 0 aliphatic heterocycles. The van der Waals surface area contributed by atoms with E-state index in [4.69, 9.17) is 0 Å². The number of nitrogens with zero attached hydrogens (tertiary/aromatic N) is 1. The van der Waals surface area contributed by atoms with Gasteiger partial charge >= 0.3 is 12.1 Å². The van der Waals surface area contributed by atoms with E-state index >= 15 is 0 Å². The van der Waals surface area contributed by atoms with Crippen LogP contribution in [-0.2, 0) is 19.1 Å². The summed E-state index contributed by atoms with van der Waals surface area (Å²) in [6.45, 7) is 5.05. The van der Waals surface area contributed by atoms with Gasteiger partial charge in [0, 0.05) is 5.69 Å². The summed E-state index contributed by atoms with van der Waals surface area (Å²) >= 11 is 0. The molecule has 0 saturated carbocycles. The molecule has 0 aliphatic carbocycles. The van der Waals surface area contributed by atoms with Crippen molar-refractivity contribution >= 4 is 29.5 Å². The monoisotopic (exact) mass is 276 g/mol. The predicted molar refractivity (Wildman–Crippen MR) is 70.1 cm³/mol. The summed E-state index contributed by atoms with van der Waals surface area (Å²) in [5, 5.41) is 2.37. The van der Waals surface area contributed by atoms with Gasteiger partial charge in [-0.05, 0) is 37.8 Å². The highest BCUT2D eigenvalue weighted by Crippen LogP contribution is 2.16. The predicted octanol–water partition coefficient (Wildman–Crippen LogP) is 2.28. The second-order valence-electron chi connectivity index (χ2n) is 3.41. The summed E-state index contributed by atoms with van der Waals surface area (Å²) in [5.74, 6) is -1.22. The first-order chi connectivity index (χ1) is 9.56. The molecule has 1 rings (SSSR count). The van der Waals surface area contributed by atoms with Crippen LogP contribution in [0.5, 0.6) is 0 Å². The normalized spacial score (nSPS) is 9.05. The van der Waals surface area contributed by atoms with Crippen molar-refractivity contribution < 1.29 is 23.9 Å². The number of isocyanates is 1. The highest BCUT2D eigenvalue weighted by molar-refractivity contribution is 5.92. The zero-order valence-corrected chi connectivity index (χ0v) is 10.7. The fourth-order valence-electron chi connectivity index (χ4n) is 1.18. The first-order valence-electron chi connectivity index (χ1n) is 5.59. The molecule has 20 heavy (non-hydrogen) atoms. The van der Waals surface area contributed by atoms with E-state index in [0.717, 1.165) is 0 Å². The van der Waals surface area contributed by atoms with Gasteiger partial charge in [0.05, 0.1) is 12.3 Å². The third-order valence-corrected chi connectivity index (χ3v) is 2.01. The second kappa shape index (κ2) is 7.50. The number of rotatable bonds is 5. The minimum Gasteiger partial charge on any atom is -0.460 e. The van der Waals surface area contributed by atoms with E-state index in [1.165, 1.54) is 30.3 Å². The summed E-state index contributed by atoms with van der Waals surface area (Å²) < 4.78 is 9.25. The van der Waals surface area contributed by atoms with Gasteiger partial charge < -0.3 is 9.47 Å². The number of hydrogen-bond acceptors (Lipinski definition) is 6. The third kappa shape index (κ3) is 4.75. The van der Waals surface area contributed by atoms with Crippen LogP contribution in [0.4, 0.5) is 16.2 Å². The highest BCUT2D eigenvalue weighted by Gasteiger charge is 2.14. The molecule has 0 heterocycles. The van der Waals surface area contributed by atoms with Gasteiger partial charge in [-0.15, -0.1) is 0 Å². The molecule has 0 fully saturated rings. The molecule has 1 aromatic carbocycles. The molecule has 0 atom stereocenters. The minimum absolute atomic E-state index is 0.154. The van der Waals surface area contributed by atoms with E-state index in [1.54, 1.807) is 6.92 Å². The summed E-state index contributed by atoms with van der Waals surface area (Å²) in [4.78, 5) is 36.1. The maximum Gasteiger partial charge on any atom is 0.417 e. The molecular formula is C13H12N2O5. The van der Waals surface area contributed by atoms with E-state index in [2.05, 4.69) is 26.4 Å². The molecule has 0 aliphatic rings. The van der Waals surface area contributed by atoms with Gasteiger partial charge in [0.25, 0.3) is 0 Å². The Morgan fingerprint density at radius 3 is 2.55 bits per heavy atom. The lowest BCUT2D eigenvalue weighted by Gasteiger charge is -2.08. The van der Waals surface area contributed by atoms with Crippen molar-refractivity contribution in [3.8, 4) is 0 Å². The quantitative estimate of drug-likeness (QED) is 0.293. The van der Waals surface area contributed by atoms with Crippen LogP contribution in [-0.4, -0.2) is 24.7 Å². The summed E-state index contributed by atoms with van der Waals surface area (Å²) in [6, 6.07) is 6.01. The molecule has 1 N–H and O–H groups in total. The van der Waals surface area contributed by atoms with Crippen LogP contribution >= 0.6 is 0 Å². The fourth-order valence-corrected chi connectivity index (χ4v) is 1.18. The number of carbonyl (C=O) groups is 2. The van der Waals surface area contributed by atoms with E-state index < -0.39 is 17.8 Å². The SMILES string of the molecule is C=C(OC(=O)Nc1ccc(N=C=O)cc1)C(=O)OCC. The van der Waals surface area contributed by atoms with Crippen LogP contribution < -0.4 is 5.32 Å². The maximum atomic E-state index is 11.5. The van der Waals surface area contributed by atoms with Crippen LogP contribution in [0.3, 0.4) is 0 Å². The van der Waals surface area contributed by atoms with Crippen molar-refractivity contribution in [1.29, 1.82) is 0 Å². The molecule has 1 amide bonds. The van der Waals surface area contributed by atoms with Gasteiger partial charge in [0.15, 0.2) is 0 Å². The van der Waals surface area contributed by atoms with Gasteiger partial charge in [-0.25, -0.2) is 14.4 Å². The summed E-state index contributed by atoms with van der Waals surface area (Å²) in [6.07, 6.45) is 0.515. The van der Waals surface area contributed by atoms with Crippen LogP contribution in [0.25, 0.3) is 0 Å². The molecule has 104 valence electrons. The first kappa shape index (κ1) is 15.1. The minimum atomic E-state index is -0.880. The number of ether oxygens (including phenoxy) is 2. The number of amides is 1. The average Bonchev–Trinajstić information content (AvgIpc) is 2.41. The number of hydrogen-bond donors (Lipinski definition) is 1. The molecular weight excluding hydrogens is 264 g/mol. The second-order valence-corrected chi connectivity index (χ2v) is 3.41. The highest BCUT2D eigenvalue weighted by atomic mass is 16.6. The molecule has 0 aromatic heterocycles. The Balaban J connectivity index is 2.56. The molecule has 0 bridgehead atoms. The zero-order chi connectivity index (χ0) is 15.0. The number of carbonyl (C=O) groups excluding carboxylic acids is 3. The molecule has 7 heteroatoms. The first-order valence-corrected chi connectivity index (χ1v) is 5.59. The Labute approximate surface area is 114 Å². The lowest BCUT2D eigenvalue weighted by atomic mass is 10.3. The van der Waals surface area contributed by atoms with Crippen molar-refractivity contribution in [3.63, 3.8) is 0 Å². The molecule has 0 radical (unpaired) electrons. The Morgan fingerprint density at radius 2 is 2.00 bits per heavy atom. The van der Waals surface area contributed by atoms with Gasteiger partial charge in [0.1, 0.15) is 0 Å². The van der Waals surface area contributed by atoms with Gasteiger partial charge in [-0.1, -0.05) is 0 Å². The van der Waals surface area contributed by atoms with Crippen LogP contribution in [0.15, 0.2) is 41.6 Å². The molecule has 0 unspecified atom stereocenters. The van der Waals surface area contributed by atoms with E-state index in [1.807, 2.05) is 0 Å². The smallest absolute Gasteiger partial charge is 0.417 e. The van der Waals surface area contributed by atoms with Crippen molar-refractivity contribution in [2.45, 2.75) is 6.92 Å². The number of esters is 1. The van der Waals surface area contributed by atoms with Crippen molar-refractivity contribution in [3.05, 3.63) is 36.6 Å². The van der Waals surface area contributed by atoms with Crippen molar-refractivity contribution in [2.24, 2.45) is 4.99 Å². The molecule has 0 spiro atoms. The zero-order valence-electron chi connectivity index (χ0n) is 10.7. The number of aliphatic imine (C=N–C) groups is 1. The average molecular weight is 276 g/mol. The molecule has 0 saturated heterocycles. The molecule has 1 aromatic rings. The number of benzene rings is 1. The Kier molecular flexibility index (Phi) is 5.68. The van der Waals surface area contributed by atoms with Crippen molar-refractivity contribution in [2.75, 3.05) is 11.9 Å². The topological polar surface area (TPSA) is 94.1 Å². The van der Waals surface area contributed by atoms with E-state index in [-0.39, 0.29) is 6.61 Å².